The van der Waals surface area contributed by atoms with Crippen LogP contribution >= 0.6 is 11.7 Å². The van der Waals surface area contributed by atoms with Crippen LogP contribution < -0.4 is 20.1 Å². The Hall–Kier alpha value is -3.20. The van der Waals surface area contributed by atoms with Crippen molar-refractivity contribution in [3.63, 3.8) is 0 Å². The predicted molar refractivity (Wildman–Crippen MR) is 115 cm³/mol. The number of aromatic nitrogens is 2. The van der Waals surface area contributed by atoms with Crippen LogP contribution in [-0.2, 0) is 22.6 Å². The molecule has 3 aromatic rings. The number of benzene rings is 2. The lowest BCUT2D eigenvalue weighted by Gasteiger charge is -2.29. The molecule has 0 bridgehead atoms. The van der Waals surface area contributed by atoms with E-state index in [1.54, 1.807) is 0 Å². The Morgan fingerprint density at radius 2 is 1.94 bits per heavy atom. The first-order valence-electron chi connectivity index (χ1n) is 10.3. The van der Waals surface area contributed by atoms with E-state index in [4.69, 9.17) is 9.47 Å². The number of hydrogen-bond acceptors (Lipinski definition) is 7. The molecule has 8 nitrogen and oxygen atoms in total. The van der Waals surface area contributed by atoms with Crippen molar-refractivity contribution in [2.45, 2.75) is 44.2 Å². The Labute approximate surface area is 183 Å². The molecule has 0 radical (unpaired) electrons. The van der Waals surface area contributed by atoms with Crippen LogP contribution in [-0.4, -0.2) is 32.9 Å². The summed E-state index contributed by atoms with van der Waals surface area (Å²) >= 11 is 1.18. The zero-order valence-electron chi connectivity index (χ0n) is 16.8. The van der Waals surface area contributed by atoms with Gasteiger partial charge < -0.3 is 20.1 Å². The maximum Gasteiger partial charge on any atom is 0.231 e. The lowest BCUT2D eigenvalue weighted by molar-refractivity contribution is -0.122. The third-order valence-electron chi connectivity index (χ3n) is 5.85. The van der Waals surface area contributed by atoms with E-state index in [-0.39, 0.29) is 18.6 Å². The number of carbonyl (C=O) groups is 2. The van der Waals surface area contributed by atoms with Crippen LogP contribution in [0.2, 0.25) is 0 Å². The van der Waals surface area contributed by atoms with Crippen LogP contribution in [0.1, 0.15) is 36.8 Å². The van der Waals surface area contributed by atoms with Gasteiger partial charge in [-0.1, -0.05) is 12.1 Å². The molecule has 2 aliphatic rings. The Balaban J connectivity index is 1.20. The minimum absolute atomic E-state index is 0.0336. The van der Waals surface area contributed by atoms with Gasteiger partial charge in [0.1, 0.15) is 11.0 Å². The highest BCUT2D eigenvalue weighted by molar-refractivity contribution is 7.00. The summed E-state index contributed by atoms with van der Waals surface area (Å²) in [5.41, 5.74) is 3.32. The van der Waals surface area contributed by atoms with E-state index in [0.29, 0.717) is 38.6 Å². The van der Waals surface area contributed by atoms with Crippen molar-refractivity contribution in [2.75, 3.05) is 6.79 Å². The van der Waals surface area contributed by atoms with Crippen LogP contribution in [0.5, 0.6) is 11.5 Å². The molecule has 2 N–H and O–H groups in total. The average Bonchev–Trinajstić information content (AvgIpc) is 3.50. The molecule has 1 atom stereocenters. The normalized spacial score (nSPS) is 19.5. The van der Waals surface area contributed by atoms with E-state index in [2.05, 4.69) is 19.4 Å². The van der Waals surface area contributed by atoms with E-state index in [0.717, 1.165) is 33.7 Å². The lowest BCUT2D eigenvalue weighted by atomic mass is 9.85. The Morgan fingerprint density at radius 3 is 2.81 bits per heavy atom. The van der Waals surface area contributed by atoms with Gasteiger partial charge in [-0.05, 0) is 54.7 Å². The number of amides is 2. The zero-order valence-corrected chi connectivity index (χ0v) is 17.7. The number of hydrogen-bond donors (Lipinski definition) is 2. The van der Waals surface area contributed by atoms with E-state index < -0.39 is 5.54 Å². The van der Waals surface area contributed by atoms with E-state index in [1.165, 1.54) is 11.7 Å². The molecule has 1 fully saturated rings. The quantitative estimate of drug-likeness (QED) is 0.588. The lowest BCUT2D eigenvalue weighted by Crippen LogP contribution is -2.44. The molecular weight excluding hydrogens is 416 g/mol. The third-order valence-corrected chi connectivity index (χ3v) is 6.41. The third kappa shape index (κ3) is 4.32. The van der Waals surface area contributed by atoms with Crippen molar-refractivity contribution in [1.82, 2.24) is 19.4 Å². The van der Waals surface area contributed by atoms with Crippen LogP contribution in [0.3, 0.4) is 0 Å². The second-order valence-corrected chi connectivity index (χ2v) is 8.59. The van der Waals surface area contributed by atoms with Crippen molar-refractivity contribution in [2.24, 2.45) is 0 Å². The number of nitrogens with zero attached hydrogens (tertiary/aromatic N) is 2. The van der Waals surface area contributed by atoms with Crippen LogP contribution in [0, 0.1) is 0 Å². The molecule has 2 aliphatic heterocycles. The molecule has 3 heterocycles. The summed E-state index contributed by atoms with van der Waals surface area (Å²) in [6.45, 7) is 0.667. The number of carbonyl (C=O) groups excluding carboxylic acids is 2. The summed E-state index contributed by atoms with van der Waals surface area (Å²) in [5, 5.41) is 6.10. The molecule has 0 spiro atoms. The second kappa shape index (κ2) is 8.14. The van der Waals surface area contributed by atoms with Gasteiger partial charge in [0, 0.05) is 24.9 Å². The highest BCUT2D eigenvalue weighted by Crippen LogP contribution is 2.36. The molecular formula is C22H22N4O4S. The van der Waals surface area contributed by atoms with Crippen LogP contribution in [0.4, 0.5) is 0 Å². The highest BCUT2D eigenvalue weighted by atomic mass is 32.1. The molecule has 0 saturated carbocycles. The monoisotopic (exact) mass is 438 g/mol. The van der Waals surface area contributed by atoms with Crippen molar-refractivity contribution >= 4 is 34.6 Å². The molecule has 1 saturated heterocycles. The van der Waals surface area contributed by atoms with E-state index >= 15 is 0 Å². The number of rotatable bonds is 7. The first kappa shape index (κ1) is 19.7. The highest BCUT2D eigenvalue weighted by Gasteiger charge is 2.38. The van der Waals surface area contributed by atoms with Gasteiger partial charge in [0.05, 0.1) is 11.7 Å². The molecule has 9 heteroatoms. The standard InChI is InChI=1S/C22H22N4O4S/c27-20(23-12-15-1-3-16-17(9-15)26-31-25-16)5-7-22(8-6-21(28)24-22)11-14-2-4-18-19(10-14)30-13-29-18/h1-4,9-10H,5-8,11-13H2,(H,23,27)(H,24,28). The van der Waals surface area contributed by atoms with Gasteiger partial charge in [0.2, 0.25) is 18.6 Å². The zero-order chi connectivity index (χ0) is 21.3. The van der Waals surface area contributed by atoms with Gasteiger partial charge in [-0.15, -0.1) is 0 Å². The fourth-order valence-electron chi connectivity index (χ4n) is 4.20. The number of nitrogens with one attached hydrogen (secondary N) is 2. The maximum absolute atomic E-state index is 12.5. The minimum atomic E-state index is -0.423. The Morgan fingerprint density at radius 1 is 1.10 bits per heavy atom. The SMILES string of the molecule is O=C(CCC1(Cc2ccc3c(c2)OCO3)CCC(=O)N1)NCc1ccc2nsnc2c1. The molecule has 0 aliphatic carbocycles. The number of ether oxygens (including phenoxy) is 2. The topological polar surface area (TPSA) is 102 Å². The van der Waals surface area contributed by atoms with Gasteiger partial charge in [-0.3, -0.25) is 9.59 Å². The van der Waals surface area contributed by atoms with Crippen molar-refractivity contribution in [3.8, 4) is 11.5 Å². The van der Waals surface area contributed by atoms with Crippen LogP contribution in [0.15, 0.2) is 36.4 Å². The maximum atomic E-state index is 12.5. The van der Waals surface area contributed by atoms with E-state index in [1.807, 2.05) is 36.4 Å². The predicted octanol–water partition coefficient (Wildman–Crippen LogP) is 2.71. The minimum Gasteiger partial charge on any atom is -0.454 e. The first-order valence-corrected chi connectivity index (χ1v) is 11.0. The van der Waals surface area contributed by atoms with E-state index in [9.17, 15) is 9.59 Å². The first-order chi connectivity index (χ1) is 15.1. The molecule has 31 heavy (non-hydrogen) atoms. The summed E-state index contributed by atoms with van der Waals surface area (Å²) in [6.07, 6.45) is 2.75. The summed E-state index contributed by atoms with van der Waals surface area (Å²) in [4.78, 5) is 24.5. The summed E-state index contributed by atoms with van der Waals surface area (Å²) < 4.78 is 19.3. The fraction of sp³-hybridized carbons (Fsp3) is 0.364. The molecule has 5 rings (SSSR count). The smallest absolute Gasteiger partial charge is 0.231 e. The average molecular weight is 439 g/mol. The summed E-state index contributed by atoms with van der Waals surface area (Å²) in [7, 11) is 0. The van der Waals surface area contributed by atoms with Gasteiger partial charge in [-0.2, -0.15) is 8.75 Å². The summed E-state index contributed by atoms with van der Waals surface area (Å²) in [6, 6.07) is 11.6. The van der Waals surface area contributed by atoms with Crippen molar-refractivity contribution < 1.29 is 19.1 Å². The molecule has 1 unspecified atom stereocenters. The van der Waals surface area contributed by atoms with Crippen LogP contribution in [0.25, 0.3) is 11.0 Å². The van der Waals surface area contributed by atoms with Gasteiger partial charge in [0.25, 0.3) is 0 Å². The molecule has 2 amide bonds. The molecule has 1 aromatic heterocycles. The Kier molecular flexibility index (Phi) is 5.19. The Bertz CT molecular complexity index is 1150. The van der Waals surface area contributed by atoms with Gasteiger partial charge in [0.15, 0.2) is 11.5 Å². The number of fused-ring (bicyclic) bond motifs is 2. The van der Waals surface area contributed by atoms with Gasteiger partial charge >= 0.3 is 0 Å². The second-order valence-electron chi connectivity index (χ2n) is 8.06. The van der Waals surface area contributed by atoms with Crippen molar-refractivity contribution in [3.05, 3.63) is 47.5 Å². The largest absolute Gasteiger partial charge is 0.454 e. The van der Waals surface area contributed by atoms with Crippen molar-refractivity contribution in [1.29, 1.82) is 0 Å². The van der Waals surface area contributed by atoms with Gasteiger partial charge in [-0.25, -0.2) is 0 Å². The molecule has 160 valence electrons. The molecule has 2 aromatic carbocycles. The summed E-state index contributed by atoms with van der Waals surface area (Å²) in [5.74, 6) is 1.45. The fourth-order valence-corrected chi connectivity index (χ4v) is 4.72.